The van der Waals surface area contributed by atoms with Crippen LogP contribution >= 0.6 is 0 Å². The lowest BCUT2D eigenvalue weighted by molar-refractivity contribution is 0.393. The fourth-order valence-corrected chi connectivity index (χ4v) is 1.78. The van der Waals surface area contributed by atoms with Gasteiger partial charge in [0, 0.05) is 25.3 Å². The van der Waals surface area contributed by atoms with Crippen molar-refractivity contribution in [2.75, 3.05) is 0 Å². The van der Waals surface area contributed by atoms with Gasteiger partial charge in [0.25, 0.3) is 0 Å². The number of hydrogen-bond acceptors (Lipinski definition) is 3. The molecule has 4 heteroatoms. The van der Waals surface area contributed by atoms with E-state index in [9.17, 15) is 0 Å². The van der Waals surface area contributed by atoms with Crippen LogP contribution in [0.3, 0.4) is 0 Å². The number of nitrogens with zero attached hydrogens (tertiary/aromatic N) is 3. The van der Waals surface area contributed by atoms with Crippen molar-refractivity contribution in [1.82, 2.24) is 20.3 Å². The zero-order valence-corrected chi connectivity index (χ0v) is 9.77. The molecule has 0 saturated heterocycles. The molecule has 1 heterocycles. The van der Waals surface area contributed by atoms with Crippen LogP contribution in [0.4, 0.5) is 0 Å². The molecule has 0 aromatic carbocycles. The van der Waals surface area contributed by atoms with E-state index in [-0.39, 0.29) is 0 Å². The van der Waals surface area contributed by atoms with E-state index in [1.807, 2.05) is 13.2 Å². The Balaban J connectivity index is 1.82. The molecule has 0 amide bonds. The van der Waals surface area contributed by atoms with Crippen molar-refractivity contribution < 1.29 is 0 Å². The maximum absolute atomic E-state index is 4.12. The van der Waals surface area contributed by atoms with Crippen molar-refractivity contribution in [3.05, 3.63) is 11.9 Å². The Bertz CT molecular complexity index is 316. The summed E-state index contributed by atoms with van der Waals surface area (Å²) in [5.41, 5.74) is 1.09. The summed E-state index contributed by atoms with van der Waals surface area (Å²) in [6.07, 6.45) is 5.71. The summed E-state index contributed by atoms with van der Waals surface area (Å²) in [4.78, 5) is 0. The van der Waals surface area contributed by atoms with Gasteiger partial charge in [0.05, 0.1) is 5.69 Å². The van der Waals surface area contributed by atoms with Gasteiger partial charge in [0.2, 0.25) is 0 Å². The van der Waals surface area contributed by atoms with E-state index >= 15 is 0 Å². The lowest BCUT2D eigenvalue weighted by atomic mass is 9.98. The maximum Gasteiger partial charge on any atom is 0.0830 e. The predicted octanol–water partition coefficient (Wildman–Crippen LogP) is 1.13. The zero-order chi connectivity index (χ0) is 10.8. The second-order valence-corrected chi connectivity index (χ2v) is 4.79. The maximum atomic E-state index is 4.12. The molecule has 4 nitrogen and oxygen atoms in total. The quantitative estimate of drug-likeness (QED) is 0.789. The molecule has 1 fully saturated rings. The van der Waals surface area contributed by atoms with E-state index in [1.165, 1.54) is 12.8 Å². The van der Waals surface area contributed by atoms with Gasteiger partial charge in [-0.05, 0) is 32.1 Å². The average Bonchev–Trinajstić information content (AvgIpc) is 2.90. The molecule has 1 aliphatic rings. The van der Waals surface area contributed by atoms with Crippen molar-refractivity contribution in [2.24, 2.45) is 13.0 Å². The number of hydrogen-bond donors (Lipinski definition) is 1. The van der Waals surface area contributed by atoms with Gasteiger partial charge in [-0.25, -0.2) is 0 Å². The van der Waals surface area contributed by atoms with Gasteiger partial charge in [-0.1, -0.05) is 12.1 Å². The van der Waals surface area contributed by atoms with Crippen molar-refractivity contribution in [2.45, 2.75) is 45.2 Å². The third-order valence-electron chi connectivity index (χ3n) is 3.11. The lowest BCUT2D eigenvalue weighted by Crippen LogP contribution is -2.34. The fraction of sp³-hybridized carbons (Fsp3) is 0.818. The summed E-state index contributed by atoms with van der Waals surface area (Å²) in [6, 6.07) is 1.35. The standard InChI is InChI=1S/C11H20N4/c1-8(9(2)12-10-4-5-10)6-11-7-15(3)14-13-11/h7-10,12H,4-6H2,1-3H3. The topological polar surface area (TPSA) is 42.7 Å². The SMILES string of the molecule is CC(Cc1cn(C)nn1)C(C)NC1CC1. The number of rotatable bonds is 5. The first-order valence-electron chi connectivity index (χ1n) is 5.76. The second-order valence-electron chi connectivity index (χ2n) is 4.79. The highest BCUT2D eigenvalue weighted by atomic mass is 15.4. The summed E-state index contributed by atoms with van der Waals surface area (Å²) in [7, 11) is 1.91. The molecule has 1 aromatic heterocycles. The molecule has 0 bridgehead atoms. The third-order valence-corrected chi connectivity index (χ3v) is 3.11. The van der Waals surface area contributed by atoms with E-state index in [0.29, 0.717) is 12.0 Å². The largest absolute Gasteiger partial charge is 0.311 e. The highest BCUT2D eigenvalue weighted by molar-refractivity contribution is 4.95. The minimum absolute atomic E-state index is 0.569. The zero-order valence-electron chi connectivity index (χ0n) is 9.77. The molecule has 1 aliphatic carbocycles. The van der Waals surface area contributed by atoms with Crippen LogP contribution in [-0.2, 0) is 13.5 Å². The van der Waals surface area contributed by atoms with E-state index in [2.05, 4.69) is 29.5 Å². The van der Waals surface area contributed by atoms with Crippen LogP contribution < -0.4 is 5.32 Å². The molecule has 2 unspecified atom stereocenters. The number of aromatic nitrogens is 3. The summed E-state index contributed by atoms with van der Waals surface area (Å²) in [5, 5.41) is 11.7. The molecule has 1 saturated carbocycles. The Labute approximate surface area is 91.1 Å². The Hall–Kier alpha value is -0.900. The number of aryl methyl sites for hydroxylation is 1. The Morgan fingerprint density at radius 2 is 2.27 bits per heavy atom. The van der Waals surface area contributed by atoms with Crippen LogP contribution in [0.2, 0.25) is 0 Å². The minimum Gasteiger partial charge on any atom is -0.311 e. The first-order valence-corrected chi connectivity index (χ1v) is 5.76. The van der Waals surface area contributed by atoms with Crippen molar-refractivity contribution in [3.8, 4) is 0 Å². The summed E-state index contributed by atoms with van der Waals surface area (Å²) >= 11 is 0. The first-order chi connectivity index (χ1) is 7.15. The molecule has 1 aromatic rings. The lowest BCUT2D eigenvalue weighted by Gasteiger charge is -2.20. The molecule has 15 heavy (non-hydrogen) atoms. The van der Waals surface area contributed by atoms with Crippen LogP contribution in [0.5, 0.6) is 0 Å². The number of nitrogens with one attached hydrogen (secondary N) is 1. The molecular formula is C11H20N4. The monoisotopic (exact) mass is 208 g/mol. The second kappa shape index (κ2) is 4.31. The molecule has 84 valence electrons. The van der Waals surface area contributed by atoms with Crippen LogP contribution in [-0.4, -0.2) is 27.1 Å². The van der Waals surface area contributed by atoms with Crippen LogP contribution in [0.15, 0.2) is 6.20 Å². The summed E-state index contributed by atoms with van der Waals surface area (Å²) in [6.45, 7) is 4.54. The minimum atomic E-state index is 0.569. The molecule has 0 spiro atoms. The van der Waals surface area contributed by atoms with Crippen LogP contribution in [0.25, 0.3) is 0 Å². The van der Waals surface area contributed by atoms with Crippen molar-refractivity contribution >= 4 is 0 Å². The van der Waals surface area contributed by atoms with Gasteiger partial charge < -0.3 is 5.32 Å². The van der Waals surface area contributed by atoms with E-state index in [4.69, 9.17) is 0 Å². The van der Waals surface area contributed by atoms with Gasteiger partial charge in [0.15, 0.2) is 0 Å². The Kier molecular flexibility index (Phi) is 3.05. The molecule has 0 aliphatic heterocycles. The highest BCUT2D eigenvalue weighted by Gasteiger charge is 2.25. The Morgan fingerprint density at radius 3 is 2.80 bits per heavy atom. The van der Waals surface area contributed by atoms with E-state index in [1.54, 1.807) is 4.68 Å². The van der Waals surface area contributed by atoms with Crippen LogP contribution in [0.1, 0.15) is 32.4 Å². The van der Waals surface area contributed by atoms with Crippen molar-refractivity contribution in [1.29, 1.82) is 0 Å². The molecule has 1 N–H and O–H groups in total. The molecule has 2 atom stereocenters. The fourth-order valence-electron chi connectivity index (χ4n) is 1.78. The van der Waals surface area contributed by atoms with Gasteiger partial charge in [-0.3, -0.25) is 4.68 Å². The summed E-state index contributed by atoms with van der Waals surface area (Å²) in [5.74, 6) is 0.613. The smallest absolute Gasteiger partial charge is 0.0830 e. The van der Waals surface area contributed by atoms with Crippen LogP contribution in [0, 0.1) is 5.92 Å². The van der Waals surface area contributed by atoms with Gasteiger partial charge in [-0.2, -0.15) is 0 Å². The van der Waals surface area contributed by atoms with Gasteiger partial charge in [0.1, 0.15) is 0 Å². The van der Waals surface area contributed by atoms with Crippen molar-refractivity contribution in [3.63, 3.8) is 0 Å². The van der Waals surface area contributed by atoms with E-state index in [0.717, 1.165) is 18.2 Å². The molecular weight excluding hydrogens is 188 g/mol. The third kappa shape index (κ3) is 3.02. The highest BCUT2D eigenvalue weighted by Crippen LogP contribution is 2.21. The molecule has 2 rings (SSSR count). The Morgan fingerprint density at radius 1 is 1.53 bits per heavy atom. The van der Waals surface area contributed by atoms with E-state index < -0.39 is 0 Å². The van der Waals surface area contributed by atoms with Gasteiger partial charge in [-0.15, -0.1) is 5.10 Å². The van der Waals surface area contributed by atoms with Gasteiger partial charge >= 0.3 is 0 Å². The molecule has 0 radical (unpaired) electrons. The average molecular weight is 208 g/mol. The summed E-state index contributed by atoms with van der Waals surface area (Å²) < 4.78 is 1.76. The predicted molar refractivity (Wildman–Crippen MR) is 59.5 cm³/mol. The first kappa shape index (κ1) is 10.6. The normalized spacial score (nSPS) is 20.2.